The average Bonchev–Trinajstić information content (AvgIpc) is 2.30. The molecular formula is C15H31NO. The lowest BCUT2D eigenvalue weighted by molar-refractivity contribution is 0.0871. The molecule has 3 atom stereocenters. The first-order valence-electron chi connectivity index (χ1n) is 7.51. The third-order valence-corrected chi connectivity index (χ3v) is 4.70. The summed E-state index contributed by atoms with van der Waals surface area (Å²) >= 11 is 0. The van der Waals surface area contributed by atoms with Crippen LogP contribution < -0.4 is 5.32 Å². The van der Waals surface area contributed by atoms with E-state index < -0.39 is 0 Å². The van der Waals surface area contributed by atoms with Gasteiger partial charge in [-0.25, -0.2) is 0 Å². The molecule has 0 radical (unpaired) electrons. The molecule has 1 aliphatic rings. The van der Waals surface area contributed by atoms with E-state index >= 15 is 0 Å². The summed E-state index contributed by atoms with van der Waals surface area (Å²) in [7, 11) is 0. The van der Waals surface area contributed by atoms with Gasteiger partial charge in [-0.15, -0.1) is 0 Å². The summed E-state index contributed by atoms with van der Waals surface area (Å²) in [6.07, 6.45) is 6.03. The van der Waals surface area contributed by atoms with Crippen LogP contribution in [0.4, 0.5) is 0 Å². The van der Waals surface area contributed by atoms with Crippen LogP contribution in [0, 0.1) is 17.8 Å². The smallest absolute Gasteiger partial charge is 0.0692 e. The molecule has 2 N–H and O–H groups in total. The molecule has 0 aromatic carbocycles. The lowest BCUT2D eigenvalue weighted by Crippen LogP contribution is -2.46. The first-order chi connectivity index (χ1) is 8.10. The van der Waals surface area contributed by atoms with Gasteiger partial charge in [0.15, 0.2) is 0 Å². The van der Waals surface area contributed by atoms with Gasteiger partial charge in [-0.05, 0) is 30.6 Å². The van der Waals surface area contributed by atoms with Crippen LogP contribution in [-0.2, 0) is 0 Å². The zero-order valence-electron chi connectivity index (χ0n) is 12.1. The first kappa shape index (κ1) is 15.0. The minimum absolute atomic E-state index is 0.175. The van der Waals surface area contributed by atoms with Crippen molar-refractivity contribution in [2.45, 2.75) is 71.9 Å². The number of hydrogen-bond donors (Lipinski definition) is 2. The van der Waals surface area contributed by atoms with E-state index in [0.717, 1.165) is 31.2 Å². The molecule has 1 aliphatic carbocycles. The Kier molecular flexibility index (Phi) is 6.50. The van der Waals surface area contributed by atoms with E-state index in [-0.39, 0.29) is 6.10 Å². The van der Waals surface area contributed by atoms with Crippen LogP contribution >= 0.6 is 0 Å². The van der Waals surface area contributed by atoms with Crippen LogP contribution in [0.1, 0.15) is 59.8 Å². The Morgan fingerprint density at radius 2 is 1.65 bits per heavy atom. The summed E-state index contributed by atoms with van der Waals surface area (Å²) < 4.78 is 0. The second kappa shape index (κ2) is 7.38. The van der Waals surface area contributed by atoms with Gasteiger partial charge in [-0.2, -0.15) is 0 Å². The Morgan fingerprint density at radius 3 is 2.12 bits per heavy atom. The van der Waals surface area contributed by atoms with Gasteiger partial charge in [-0.3, -0.25) is 0 Å². The van der Waals surface area contributed by atoms with Crippen molar-refractivity contribution >= 4 is 0 Å². The fourth-order valence-electron chi connectivity index (χ4n) is 3.34. The van der Waals surface area contributed by atoms with Gasteiger partial charge in [-0.1, -0.05) is 47.0 Å². The molecule has 1 rings (SSSR count). The largest absolute Gasteiger partial charge is 0.392 e. The highest BCUT2D eigenvalue weighted by Gasteiger charge is 2.28. The van der Waals surface area contributed by atoms with E-state index in [2.05, 4.69) is 33.0 Å². The highest BCUT2D eigenvalue weighted by Crippen LogP contribution is 2.28. The van der Waals surface area contributed by atoms with Crippen molar-refractivity contribution in [2.24, 2.45) is 17.8 Å². The van der Waals surface area contributed by atoms with E-state index in [4.69, 9.17) is 0 Å². The molecule has 0 aromatic heterocycles. The molecule has 102 valence electrons. The molecule has 0 spiro atoms. The molecule has 1 fully saturated rings. The SMILES string of the molecule is CCC(CC)C(O)CNC1C(C)CCCC1C. The second-order valence-corrected chi connectivity index (χ2v) is 5.96. The molecule has 0 amide bonds. The third-order valence-electron chi connectivity index (χ3n) is 4.70. The normalized spacial score (nSPS) is 31.8. The van der Waals surface area contributed by atoms with Gasteiger partial charge in [0.2, 0.25) is 0 Å². The number of hydrogen-bond acceptors (Lipinski definition) is 2. The summed E-state index contributed by atoms with van der Waals surface area (Å²) in [6, 6.07) is 0.604. The lowest BCUT2D eigenvalue weighted by atomic mass is 9.78. The van der Waals surface area contributed by atoms with Crippen molar-refractivity contribution in [2.75, 3.05) is 6.54 Å². The minimum atomic E-state index is -0.175. The Hall–Kier alpha value is -0.0800. The van der Waals surface area contributed by atoms with Gasteiger partial charge in [0, 0.05) is 12.6 Å². The highest BCUT2D eigenvalue weighted by atomic mass is 16.3. The fraction of sp³-hybridized carbons (Fsp3) is 1.00. The maximum atomic E-state index is 10.1. The Labute approximate surface area is 107 Å². The van der Waals surface area contributed by atoms with Crippen molar-refractivity contribution < 1.29 is 5.11 Å². The van der Waals surface area contributed by atoms with Gasteiger partial charge in [0.1, 0.15) is 0 Å². The third kappa shape index (κ3) is 4.26. The number of nitrogens with one attached hydrogen (secondary N) is 1. The maximum absolute atomic E-state index is 10.1. The number of aliphatic hydroxyl groups excluding tert-OH is 1. The van der Waals surface area contributed by atoms with Gasteiger partial charge >= 0.3 is 0 Å². The van der Waals surface area contributed by atoms with E-state index in [1.54, 1.807) is 0 Å². The molecule has 3 unspecified atom stereocenters. The Balaban J connectivity index is 2.37. The van der Waals surface area contributed by atoms with Crippen LogP contribution in [0.5, 0.6) is 0 Å². The molecule has 2 nitrogen and oxygen atoms in total. The Bertz CT molecular complexity index is 193. The summed E-state index contributed by atoms with van der Waals surface area (Å²) in [5.41, 5.74) is 0. The molecule has 17 heavy (non-hydrogen) atoms. The predicted molar refractivity (Wildman–Crippen MR) is 74.0 cm³/mol. The number of aliphatic hydroxyl groups is 1. The summed E-state index contributed by atoms with van der Waals surface area (Å²) in [6.45, 7) is 9.80. The van der Waals surface area contributed by atoms with Gasteiger partial charge in [0.05, 0.1) is 6.10 Å². The van der Waals surface area contributed by atoms with Crippen molar-refractivity contribution in [3.63, 3.8) is 0 Å². The summed E-state index contributed by atoms with van der Waals surface area (Å²) in [5, 5.41) is 13.8. The van der Waals surface area contributed by atoms with E-state index in [0.29, 0.717) is 12.0 Å². The van der Waals surface area contributed by atoms with E-state index in [1.807, 2.05) is 0 Å². The topological polar surface area (TPSA) is 32.3 Å². The van der Waals surface area contributed by atoms with Gasteiger partial charge < -0.3 is 10.4 Å². The molecule has 2 heteroatoms. The van der Waals surface area contributed by atoms with Crippen LogP contribution in [-0.4, -0.2) is 23.8 Å². The van der Waals surface area contributed by atoms with E-state index in [9.17, 15) is 5.11 Å². The van der Waals surface area contributed by atoms with Crippen molar-refractivity contribution in [1.82, 2.24) is 5.32 Å². The zero-order chi connectivity index (χ0) is 12.8. The quantitative estimate of drug-likeness (QED) is 0.748. The summed E-state index contributed by atoms with van der Waals surface area (Å²) in [4.78, 5) is 0. The van der Waals surface area contributed by atoms with Crippen LogP contribution in [0.15, 0.2) is 0 Å². The van der Waals surface area contributed by atoms with Crippen LogP contribution in [0.2, 0.25) is 0 Å². The molecule has 0 bridgehead atoms. The van der Waals surface area contributed by atoms with Gasteiger partial charge in [0.25, 0.3) is 0 Å². The maximum Gasteiger partial charge on any atom is 0.0692 e. The van der Waals surface area contributed by atoms with Crippen molar-refractivity contribution in [3.8, 4) is 0 Å². The minimum Gasteiger partial charge on any atom is -0.392 e. The van der Waals surface area contributed by atoms with Crippen LogP contribution in [0.25, 0.3) is 0 Å². The molecule has 0 heterocycles. The molecule has 0 aliphatic heterocycles. The molecule has 0 saturated heterocycles. The van der Waals surface area contributed by atoms with E-state index in [1.165, 1.54) is 19.3 Å². The first-order valence-corrected chi connectivity index (χ1v) is 7.51. The summed E-state index contributed by atoms with van der Waals surface area (Å²) in [5.74, 6) is 1.97. The molecular weight excluding hydrogens is 210 g/mol. The lowest BCUT2D eigenvalue weighted by Gasteiger charge is -2.36. The second-order valence-electron chi connectivity index (χ2n) is 5.96. The Morgan fingerprint density at radius 1 is 1.12 bits per heavy atom. The fourth-order valence-corrected chi connectivity index (χ4v) is 3.34. The molecule has 1 saturated carbocycles. The highest BCUT2D eigenvalue weighted by molar-refractivity contribution is 4.84. The van der Waals surface area contributed by atoms with Crippen molar-refractivity contribution in [1.29, 1.82) is 0 Å². The standard InChI is InChI=1S/C15H31NO/c1-5-13(6-2)14(17)10-16-15-11(3)8-7-9-12(15)4/h11-17H,5-10H2,1-4H3. The average molecular weight is 241 g/mol. The van der Waals surface area contributed by atoms with Crippen molar-refractivity contribution in [3.05, 3.63) is 0 Å². The molecule has 0 aromatic rings. The zero-order valence-corrected chi connectivity index (χ0v) is 12.1. The predicted octanol–water partition coefficient (Wildman–Crippen LogP) is 3.20. The monoisotopic (exact) mass is 241 g/mol. The van der Waals surface area contributed by atoms with Crippen LogP contribution in [0.3, 0.4) is 0 Å². The number of rotatable bonds is 6.